The van der Waals surface area contributed by atoms with Gasteiger partial charge in [-0.3, -0.25) is 4.79 Å². The highest BCUT2D eigenvalue weighted by Crippen LogP contribution is 2.23. The highest BCUT2D eigenvalue weighted by atomic mass is 35.5. The Labute approximate surface area is 99.4 Å². The van der Waals surface area contributed by atoms with Crippen molar-refractivity contribution in [3.8, 4) is 0 Å². The van der Waals surface area contributed by atoms with Crippen molar-refractivity contribution < 1.29 is 4.79 Å². The first kappa shape index (κ1) is 12.5. The van der Waals surface area contributed by atoms with Crippen molar-refractivity contribution in [2.75, 3.05) is 0 Å². The number of benzene rings is 1. The lowest BCUT2D eigenvalue weighted by Crippen LogP contribution is -2.35. The lowest BCUT2D eigenvalue weighted by Gasteiger charge is -2.14. The van der Waals surface area contributed by atoms with Gasteiger partial charge in [0.1, 0.15) is 0 Å². The Kier molecular flexibility index (Phi) is 4.14. The van der Waals surface area contributed by atoms with Crippen molar-refractivity contribution in [1.82, 2.24) is 0 Å². The Morgan fingerprint density at radius 3 is 2.33 bits per heavy atom. The SMILES string of the molecule is CC(C)C(N)C(=O)c1ccc(Cl)c(Cl)c1. The fourth-order valence-corrected chi connectivity index (χ4v) is 1.44. The number of carbonyl (C=O) groups is 1. The van der Waals surface area contributed by atoms with Crippen LogP contribution in [-0.4, -0.2) is 11.8 Å². The maximum Gasteiger partial charge on any atom is 0.179 e. The molecule has 0 bridgehead atoms. The second kappa shape index (κ2) is 4.97. The Bertz CT molecular complexity index is 377. The number of rotatable bonds is 3. The molecule has 1 atom stereocenters. The summed E-state index contributed by atoms with van der Waals surface area (Å²) in [5, 5.41) is 0.810. The van der Waals surface area contributed by atoms with Crippen LogP contribution in [-0.2, 0) is 0 Å². The lowest BCUT2D eigenvalue weighted by molar-refractivity contribution is 0.0940. The van der Waals surface area contributed by atoms with Gasteiger partial charge in [-0.25, -0.2) is 0 Å². The summed E-state index contributed by atoms with van der Waals surface area (Å²) in [6.45, 7) is 3.81. The van der Waals surface area contributed by atoms with Crippen molar-refractivity contribution in [3.05, 3.63) is 33.8 Å². The molecule has 15 heavy (non-hydrogen) atoms. The van der Waals surface area contributed by atoms with E-state index in [9.17, 15) is 4.79 Å². The van der Waals surface area contributed by atoms with E-state index in [2.05, 4.69) is 0 Å². The van der Waals surface area contributed by atoms with Gasteiger partial charge in [-0.05, 0) is 24.1 Å². The number of hydrogen-bond donors (Lipinski definition) is 1. The third kappa shape index (κ3) is 2.94. The number of nitrogens with two attached hydrogens (primary N) is 1. The molecule has 0 aliphatic rings. The molecule has 1 unspecified atom stereocenters. The average Bonchev–Trinajstić information content (AvgIpc) is 2.19. The molecule has 1 rings (SSSR count). The van der Waals surface area contributed by atoms with Crippen LogP contribution in [0.1, 0.15) is 24.2 Å². The number of hydrogen-bond acceptors (Lipinski definition) is 2. The van der Waals surface area contributed by atoms with Crippen molar-refractivity contribution in [2.45, 2.75) is 19.9 Å². The predicted octanol–water partition coefficient (Wildman–Crippen LogP) is 3.16. The van der Waals surface area contributed by atoms with Crippen LogP contribution in [0.5, 0.6) is 0 Å². The molecule has 2 nitrogen and oxygen atoms in total. The van der Waals surface area contributed by atoms with Gasteiger partial charge in [-0.2, -0.15) is 0 Å². The topological polar surface area (TPSA) is 43.1 Å². The molecule has 1 aromatic rings. The van der Waals surface area contributed by atoms with E-state index in [0.29, 0.717) is 15.6 Å². The number of carbonyl (C=O) groups excluding carboxylic acids is 1. The van der Waals surface area contributed by atoms with Crippen LogP contribution in [0, 0.1) is 5.92 Å². The van der Waals surface area contributed by atoms with Gasteiger partial charge in [0.15, 0.2) is 5.78 Å². The Balaban J connectivity index is 2.97. The zero-order valence-corrected chi connectivity index (χ0v) is 10.1. The van der Waals surface area contributed by atoms with Gasteiger partial charge >= 0.3 is 0 Å². The van der Waals surface area contributed by atoms with Crippen LogP contribution < -0.4 is 5.73 Å². The quantitative estimate of drug-likeness (QED) is 0.832. The first-order chi connectivity index (χ1) is 6.93. The molecule has 0 aromatic heterocycles. The fraction of sp³-hybridized carbons (Fsp3) is 0.364. The first-order valence-electron chi connectivity index (χ1n) is 4.68. The van der Waals surface area contributed by atoms with Gasteiger partial charge < -0.3 is 5.73 Å². The molecule has 82 valence electrons. The molecule has 0 aliphatic carbocycles. The predicted molar refractivity (Wildman–Crippen MR) is 63.6 cm³/mol. The van der Waals surface area contributed by atoms with E-state index in [4.69, 9.17) is 28.9 Å². The summed E-state index contributed by atoms with van der Waals surface area (Å²) in [4.78, 5) is 11.8. The van der Waals surface area contributed by atoms with E-state index in [-0.39, 0.29) is 11.7 Å². The van der Waals surface area contributed by atoms with E-state index in [1.807, 2.05) is 13.8 Å². The van der Waals surface area contributed by atoms with Crippen LogP contribution >= 0.6 is 23.2 Å². The van der Waals surface area contributed by atoms with Crippen LogP contribution in [0.4, 0.5) is 0 Å². The maximum absolute atomic E-state index is 11.8. The smallest absolute Gasteiger partial charge is 0.179 e. The molecular weight excluding hydrogens is 233 g/mol. The molecule has 0 saturated carbocycles. The summed E-state index contributed by atoms with van der Waals surface area (Å²) in [6, 6.07) is 4.29. The highest BCUT2D eigenvalue weighted by Gasteiger charge is 2.19. The number of Topliss-reactive ketones (excluding diaryl/α,β-unsaturated/α-hetero) is 1. The van der Waals surface area contributed by atoms with E-state index in [1.54, 1.807) is 18.2 Å². The molecule has 1 aromatic carbocycles. The molecule has 0 aliphatic heterocycles. The molecule has 0 fully saturated rings. The summed E-state index contributed by atoms with van der Waals surface area (Å²) in [7, 11) is 0. The minimum Gasteiger partial charge on any atom is -0.321 e. The minimum atomic E-state index is -0.498. The van der Waals surface area contributed by atoms with Crippen molar-refractivity contribution in [2.24, 2.45) is 11.7 Å². The number of halogens is 2. The molecule has 4 heteroatoms. The summed E-state index contributed by atoms with van der Waals surface area (Å²) in [5.41, 5.74) is 6.26. The Morgan fingerprint density at radius 1 is 1.27 bits per heavy atom. The summed E-state index contributed by atoms with van der Waals surface area (Å²) < 4.78 is 0. The molecule has 0 heterocycles. The highest BCUT2D eigenvalue weighted by molar-refractivity contribution is 6.42. The average molecular weight is 246 g/mol. The van der Waals surface area contributed by atoms with Gasteiger partial charge in [0.2, 0.25) is 0 Å². The fourth-order valence-electron chi connectivity index (χ4n) is 1.14. The van der Waals surface area contributed by atoms with Crippen molar-refractivity contribution in [3.63, 3.8) is 0 Å². The van der Waals surface area contributed by atoms with Crippen LogP contribution in [0.3, 0.4) is 0 Å². The normalized spacial score (nSPS) is 12.9. The third-order valence-corrected chi connectivity index (χ3v) is 2.96. The molecule has 0 spiro atoms. The zero-order valence-electron chi connectivity index (χ0n) is 8.63. The van der Waals surface area contributed by atoms with E-state index in [0.717, 1.165) is 0 Å². The third-order valence-electron chi connectivity index (χ3n) is 2.23. The largest absolute Gasteiger partial charge is 0.321 e. The minimum absolute atomic E-state index is 0.104. The summed E-state index contributed by atoms with van der Waals surface area (Å²) in [5.74, 6) is -0.00415. The van der Waals surface area contributed by atoms with E-state index < -0.39 is 6.04 Å². The van der Waals surface area contributed by atoms with E-state index in [1.165, 1.54) is 0 Å². The van der Waals surface area contributed by atoms with Gasteiger partial charge in [0.25, 0.3) is 0 Å². The van der Waals surface area contributed by atoms with Crippen LogP contribution in [0.2, 0.25) is 10.0 Å². The summed E-state index contributed by atoms with van der Waals surface area (Å²) in [6.07, 6.45) is 0. The monoisotopic (exact) mass is 245 g/mol. The second-order valence-electron chi connectivity index (χ2n) is 3.76. The molecule has 0 amide bonds. The van der Waals surface area contributed by atoms with Crippen LogP contribution in [0.15, 0.2) is 18.2 Å². The second-order valence-corrected chi connectivity index (χ2v) is 4.58. The zero-order chi connectivity index (χ0) is 11.6. The van der Waals surface area contributed by atoms with Crippen LogP contribution in [0.25, 0.3) is 0 Å². The van der Waals surface area contributed by atoms with Gasteiger partial charge in [0, 0.05) is 5.56 Å². The lowest BCUT2D eigenvalue weighted by atomic mass is 9.96. The maximum atomic E-state index is 11.8. The van der Waals surface area contributed by atoms with E-state index >= 15 is 0 Å². The molecule has 0 radical (unpaired) electrons. The summed E-state index contributed by atoms with van der Waals surface area (Å²) >= 11 is 11.6. The molecular formula is C11H13Cl2NO. The van der Waals surface area contributed by atoms with Gasteiger partial charge in [-0.1, -0.05) is 37.0 Å². The number of ketones is 1. The molecule has 2 N–H and O–H groups in total. The Hall–Kier alpha value is -0.570. The van der Waals surface area contributed by atoms with Crippen molar-refractivity contribution in [1.29, 1.82) is 0 Å². The van der Waals surface area contributed by atoms with Gasteiger partial charge in [0.05, 0.1) is 16.1 Å². The van der Waals surface area contributed by atoms with Gasteiger partial charge in [-0.15, -0.1) is 0 Å². The Morgan fingerprint density at radius 2 is 1.87 bits per heavy atom. The first-order valence-corrected chi connectivity index (χ1v) is 5.44. The standard InChI is InChI=1S/C11H13Cl2NO/c1-6(2)10(14)11(15)7-3-4-8(12)9(13)5-7/h3-6,10H,14H2,1-2H3. The van der Waals surface area contributed by atoms with Crippen molar-refractivity contribution >= 4 is 29.0 Å². The molecule has 0 saturated heterocycles.